The van der Waals surface area contributed by atoms with Gasteiger partial charge in [-0.3, -0.25) is 9.36 Å². The van der Waals surface area contributed by atoms with E-state index in [4.69, 9.17) is 4.98 Å². The molecule has 180 valence electrons. The molecule has 35 heavy (non-hydrogen) atoms. The van der Waals surface area contributed by atoms with E-state index in [-0.39, 0.29) is 17.2 Å². The Bertz CT molecular complexity index is 1380. The number of nitriles is 1. The second-order valence-corrected chi connectivity index (χ2v) is 9.83. The van der Waals surface area contributed by atoms with Crippen molar-refractivity contribution in [1.82, 2.24) is 19.4 Å². The van der Waals surface area contributed by atoms with Gasteiger partial charge in [0, 0.05) is 61.6 Å². The minimum absolute atomic E-state index is 0.0809. The molecule has 0 radical (unpaired) electrons. The zero-order valence-electron chi connectivity index (χ0n) is 20.0. The van der Waals surface area contributed by atoms with Crippen LogP contribution in [0.25, 0.3) is 11.0 Å². The van der Waals surface area contributed by atoms with Crippen LogP contribution in [0.3, 0.4) is 0 Å². The van der Waals surface area contributed by atoms with Gasteiger partial charge in [-0.2, -0.15) is 10.2 Å². The number of aromatic nitrogens is 3. The Morgan fingerprint density at radius 3 is 2.74 bits per heavy atom. The monoisotopic (exact) mass is 470 g/mol. The van der Waals surface area contributed by atoms with Crippen LogP contribution in [0.2, 0.25) is 0 Å². The van der Waals surface area contributed by atoms with E-state index < -0.39 is 0 Å². The van der Waals surface area contributed by atoms with Crippen LogP contribution in [-0.2, 0) is 6.42 Å². The molecular weight excluding hydrogens is 440 g/mol. The van der Waals surface area contributed by atoms with E-state index in [1.807, 2.05) is 0 Å². The Kier molecular flexibility index (Phi) is 5.53. The fourth-order valence-electron chi connectivity index (χ4n) is 5.71. The van der Waals surface area contributed by atoms with Crippen LogP contribution in [-0.4, -0.2) is 59.2 Å². The quantitative estimate of drug-likeness (QED) is 0.599. The Balaban J connectivity index is 1.37. The van der Waals surface area contributed by atoms with E-state index in [2.05, 4.69) is 50.7 Å². The van der Waals surface area contributed by atoms with Gasteiger partial charge in [-0.1, -0.05) is 12.8 Å². The summed E-state index contributed by atoms with van der Waals surface area (Å²) in [6, 6.07) is 8.04. The second kappa shape index (κ2) is 8.86. The number of nitrogens with zero attached hydrogens (tertiary/aromatic N) is 6. The zero-order chi connectivity index (χ0) is 23.9. The van der Waals surface area contributed by atoms with Gasteiger partial charge in [0.1, 0.15) is 17.3 Å². The molecule has 6 rings (SSSR count). The predicted octanol–water partition coefficient (Wildman–Crippen LogP) is 3.24. The maximum atomic E-state index is 13.1. The number of fused-ring (bicyclic) bond motifs is 2. The largest absolute Gasteiger partial charge is 0.383 e. The molecule has 2 N–H and O–H groups in total. The molecule has 3 aliphatic rings. The number of benzene rings is 1. The van der Waals surface area contributed by atoms with E-state index in [0.717, 1.165) is 75.9 Å². The summed E-state index contributed by atoms with van der Waals surface area (Å²) in [5.41, 5.74) is 5.19. The minimum Gasteiger partial charge on any atom is -0.383 e. The Labute approximate surface area is 204 Å². The average Bonchev–Trinajstić information content (AvgIpc) is 3.57. The molecule has 0 amide bonds. The highest BCUT2D eigenvalue weighted by molar-refractivity contribution is 5.84. The molecule has 9 heteroatoms. The summed E-state index contributed by atoms with van der Waals surface area (Å²) in [5.74, 6) is 0.467. The molecule has 2 fully saturated rings. The van der Waals surface area contributed by atoms with Crippen molar-refractivity contribution >= 4 is 34.0 Å². The van der Waals surface area contributed by atoms with E-state index >= 15 is 0 Å². The molecule has 1 aliphatic carbocycles. The summed E-state index contributed by atoms with van der Waals surface area (Å²) in [5, 5.41) is 17.2. The van der Waals surface area contributed by atoms with Gasteiger partial charge in [0.15, 0.2) is 0 Å². The number of hydrogen-bond donors (Lipinski definition) is 2. The van der Waals surface area contributed by atoms with E-state index in [0.29, 0.717) is 11.6 Å². The highest BCUT2D eigenvalue weighted by Gasteiger charge is 2.25. The maximum absolute atomic E-state index is 13.1. The number of rotatable bonds is 4. The van der Waals surface area contributed by atoms with E-state index in [1.165, 1.54) is 16.9 Å². The van der Waals surface area contributed by atoms with Crippen LogP contribution in [0.15, 0.2) is 29.2 Å². The molecule has 0 atom stereocenters. The van der Waals surface area contributed by atoms with Gasteiger partial charge in [-0.25, -0.2) is 4.98 Å². The summed E-state index contributed by atoms with van der Waals surface area (Å²) in [4.78, 5) is 27.2. The fraction of sp³-hybridized carbons (Fsp3) is 0.462. The minimum atomic E-state index is -0.252. The van der Waals surface area contributed by atoms with Crippen molar-refractivity contribution < 1.29 is 0 Å². The van der Waals surface area contributed by atoms with Crippen molar-refractivity contribution in [1.29, 1.82) is 5.26 Å². The normalized spacial score (nSPS) is 18.5. The van der Waals surface area contributed by atoms with Crippen molar-refractivity contribution in [2.24, 2.45) is 0 Å². The number of hydrogen-bond acceptors (Lipinski definition) is 8. The van der Waals surface area contributed by atoms with Gasteiger partial charge >= 0.3 is 0 Å². The summed E-state index contributed by atoms with van der Waals surface area (Å²) in [7, 11) is 2.17. The van der Waals surface area contributed by atoms with Crippen molar-refractivity contribution in [3.63, 3.8) is 0 Å². The molecule has 2 aliphatic heterocycles. The topological polar surface area (TPSA) is 102 Å². The molecule has 3 aromatic rings. The number of piperazine rings is 1. The average molecular weight is 471 g/mol. The van der Waals surface area contributed by atoms with Crippen LogP contribution in [0.4, 0.5) is 23.0 Å². The molecule has 9 nitrogen and oxygen atoms in total. The van der Waals surface area contributed by atoms with Gasteiger partial charge < -0.3 is 20.4 Å². The zero-order valence-corrected chi connectivity index (χ0v) is 20.0. The Morgan fingerprint density at radius 2 is 1.97 bits per heavy atom. The first-order chi connectivity index (χ1) is 17.1. The Hall–Kier alpha value is -3.64. The van der Waals surface area contributed by atoms with Gasteiger partial charge in [0.25, 0.3) is 5.56 Å². The maximum Gasteiger partial charge on any atom is 0.270 e. The standard InChI is InChI=1S/C26H30N8O/c1-32-10-12-33(13-11-32)22-7-6-21(20-8-9-28-23(20)22)30-26-29-16-18-14-17(15-27)25(35)34(24(18)31-26)19-4-2-3-5-19/h6-7,14,16,19,28H,2-5,8-13H2,1H3,(H,29,30,31). The van der Waals surface area contributed by atoms with Gasteiger partial charge in [0.2, 0.25) is 5.95 Å². The number of nitrogens with one attached hydrogen (secondary N) is 2. The molecule has 4 heterocycles. The van der Waals surface area contributed by atoms with Crippen molar-refractivity contribution in [2.45, 2.75) is 38.1 Å². The molecule has 0 unspecified atom stereocenters. The molecule has 1 saturated carbocycles. The van der Waals surface area contributed by atoms with Crippen LogP contribution in [0, 0.1) is 11.3 Å². The van der Waals surface area contributed by atoms with Crippen LogP contribution in [0.5, 0.6) is 0 Å². The number of pyridine rings is 1. The molecule has 2 aromatic heterocycles. The molecule has 0 bridgehead atoms. The first-order valence-corrected chi connectivity index (χ1v) is 12.5. The van der Waals surface area contributed by atoms with Crippen molar-refractivity contribution in [3.05, 3.63) is 45.9 Å². The summed E-state index contributed by atoms with van der Waals surface area (Å²) in [6.45, 7) is 5.08. The predicted molar refractivity (Wildman–Crippen MR) is 138 cm³/mol. The first kappa shape index (κ1) is 21.9. The van der Waals surface area contributed by atoms with E-state index in [9.17, 15) is 10.1 Å². The Morgan fingerprint density at radius 1 is 1.17 bits per heavy atom. The third-order valence-electron chi connectivity index (χ3n) is 7.64. The van der Waals surface area contributed by atoms with Gasteiger partial charge in [0.05, 0.1) is 11.4 Å². The lowest BCUT2D eigenvalue weighted by molar-refractivity contribution is 0.313. The molecule has 1 aromatic carbocycles. The van der Waals surface area contributed by atoms with Gasteiger partial charge in [-0.05, 0) is 44.5 Å². The smallest absolute Gasteiger partial charge is 0.270 e. The third kappa shape index (κ3) is 3.88. The van der Waals surface area contributed by atoms with Crippen LogP contribution >= 0.6 is 0 Å². The van der Waals surface area contributed by atoms with Crippen LogP contribution < -0.4 is 21.1 Å². The van der Waals surface area contributed by atoms with Crippen LogP contribution in [0.1, 0.15) is 42.9 Å². The highest BCUT2D eigenvalue weighted by atomic mass is 16.1. The third-order valence-corrected chi connectivity index (χ3v) is 7.64. The molecular formula is C26H30N8O. The molecule has 1 saturated heterocycles. The lowest BCUT2D eigenvalue weighted by Gasteiger charge is -2.35. The summed E-state index contributed by atoms with van der Waals surface area (Å²) >= 11 is 0. The highest BCUT2D eigenvalue weighted by Crippen LogP contribution is 2.39. The second-order valence-electron chi connectivity index (χ2n) is 9.83. The summed E-state index contributed by atoms with van der Waals surface area (Å²) in [6.07, 6.45) is 6.69. The summed E-state index contributed by atoms with van der Waals surface area (Å²) < 4.78 is 1.73. The molecule has 0 spiro atoms. The fourth-order valence-corrected chi connectivity index (χ4v) is 5.71. The van der Waals surface area contributed by atoms with Crippen molar-refractivity contribution in [3.8, 4) is 6.07 Å². The number of likely N-dealkylation sites (N-methyl/N-ethyl adjacent to an activating group) is 1. The SMILES string of the molecule is CN1CCN(c2ccc(Nc3ncc4cc(C#N)c(=O)n(C5CCCC5)c4n3)c3c2NCC3)CC1. The lowest BCUT2D eigenvalue weighted by atomic mass is 10.1. The lowest BCUT2D eigenvalue weighted by Crippen LogP contribution is -2.44. The van der Waals surface area contributed by atoms with Crippen molar-refractivity contribution in [2.75, 3.05) is 55.3 Å². The number of anilines is 4. The van der Waals surface area contributed by atoms with Gasteiger partial charge in [-0.15, -0.1) is 0 Å². The first-order valence-electron chi connectivity index (χ1n) is 12.5. The van der Waals surface area contributed by atoms with E-state index in [1.54, 1.807) is 16.8 Å².